The molecule has 0 saturated carbocycles. The molecule has 256 valence electrons. The molecular weight excluding hydrogens is 653 g/mol. The van der Waals surface area contributed by atoms with Gasteiger partial charge in [-0.05, 0) is 31.5 Å². The number of nitrogens with one attached hydrogen (secondary N) is 1. The molecule has 0 radical (unpaired) electrons. The third kappa shape index (κ3) is 5.22. The standard InChI is InChI=1S/C34H31F3N10O3/c1-17-41-26-9-18(35)7-22-25-5-4-6-29(43-25)42-20-11-27(34(49)44(2)14-21(50-3)15-45(17)30(22)26)46(13-20)32-23-12-40-47(33(23)39-16-38-32)31-24(37)8-19(36)10-28(31)48/h4-10,12,16,20-21,27,48H,11,13-15H2,1-3H3,(H,42,43)/t20-,21-,27-/m0/s1. The summed E-state index contributed by atoms with van der Waals surface area (Å²) < 4.78 is 52.5. The average Bonchev–Trinajstić information content (AvgIpc) is 3.78. The van der Waals surface area contributed by atoms with E-state index in [0.717, 1.165) is 10.7 Å². The zero-order valence-electron chi connectivity index (χ0n) is 27.2. The fourth-order valence-electron chi connectivity index (χ4n) is 7.10. The molecule has 50 heavy (non-hydrogen) atoms. The Balaban J connectivity index is 1.23. The van der Waals surface area contributed by atoms with Crippen molar-refractivity contribution in [2.24, 2.45) is 0 Å². The molecule has 0 spiro atoms. The lowest BCUT2D eigenvalue weighted by Gasteiger charge is -2.30. The van der Waals surface area contributed by atoms with Crippen LogP contribution in [0.3, 0.4) is 0 Å². The molecule has 0 unspecified atom stereocenters. The molecule has 16 heteroatoms. The van der Waals surface area contributed by atoms with E-state index in [4.69, 9.17) is 9.72 Å². The van der Waals surface area contributed by atoms with Crippen LogP contribution < -0.4 is 10.2 Å². The number of aromatic hydroxyl groups is 1. The van der Waals surface area contributed by atoms with Gasteiger partial charge in [0.15, 0.2) is 11.5 Å². The van der Waals surface area contributed by atoms with Crippen LogP contribution in [0.4, 0.5) is 24.8 Å². The van der Waals surface area contributed by atoms with Crippen molar-refractivity contribution < 1.29 is 27.8 Å². The number of hydrogen-bond acceptors (Lipinski definition) is 10. The number of aryl methyl sites for hydroxylation is 1. The number of nitrogens with zero attached hydrogens (tertiary/aromatic N) is 9. The quantitative estimate of drug-likeness (QED) is 0.279. The predicted octanol–water partition coefficient (Wildman–Crippen LogP) is 4.20. The average molecular weight is 685 g/mol. The first kappa shape index (κ1) is 31.5. The number of methoxy groups -OCH3 is 1. The minimum Gasteiger partial charge on any atom is -0.505 e. The highest BCUT2D eigenvalue weighted by atomic mass is 19.1. The smallest absolute Gasteiger partial charge is 0.245 e. The number of phenols is 1. The van der Waals surface area contributed by atoms with Crippen LogP contribution in [0.1, 0.15) is 12.2 Å². The van der Waals surface area contributed by atoms with E-state index in [2.05, 4.69) is 25.4 Å². The maximum Gasteiger partial charge on any atom is 0.245 e. The van der Waals surface area contributed by atoms with E-state index in [9.17, 15) is 23.1 Å². The second-order valence-corrected chi connectivity index (χ2v) is 12.6. The van der Waals surface area contributed by atoms with E-state index in [-0.39, 0.29) is 29.8 Å². The molecule has 1 saturated heterocycles. The molecule has 13 nitrogen and oxygen atoms in total. The predicted molar refractivity (Wildman–Crippen MR) is 177 cm³/mol. The summed E-state index contributed by atoms with van der Waals surface area (Å²) in [6.07, 6.45) is 2.60. The summed E-state index contributed by atoms with van der Waals surface area (Å²) >= 11 is 0. The summed E-state index contributed by atoms with van der Waals surface area (Å²) in [6.45, 7) is 2.73. The van der Waals surface area contributed by atoms with Crippen molar-refractivity contribution in [2.45, 2.75) is 38.1 Å². The SMILES string of the molecule is CO[C@H]1CN(C)C(=O)[C@@H]2C[C@@H](CN2c2ncnc3c2cnn3-c2c(O)cc(F)cc2F)Nc2cccc(n2)-c2cc(F)cc3nc(C)n(c23)C1. The van der Waals surface area contributed by atoms with Crippen LogP contribution in [0, 0.1) is 24.4 Å². The number of likely N-dealkylation sites (N-methyl/N-ethyl adjacent to an activating group) is 1. The number of carbonyl (C=O) groups is 1. The molecule has 4 aromatic heterocycles. The third-order valence-electron chi connectivity index (χ3n) is 9.37. The van der Waals surface area contributed by atoms with Gasteiger partial charge < -0.3 is 29.5 Å². The molecule has 6 aromatic rings. The molecule has 2 aliphatic rings. The van der Waals surface area contributed by atoms with Crippen molar-refractivity contribution in [3.05, 3.63) is 78.3 Å². The number of anilines is 2. The maximum atomic E-state index is 14.9. The molecule has 2 aromatic carbocycles. The number of rotatable bonds is 3. The number of hydrogen-bond donors (Lipinski definition) is 2. The van der Waals surface area contributed by atoms with Crippen molar-refractivity contribution in [1.29, 1.82) is 0 Å². The molecule has 1 amide bonds. The van der Waals surface area contributed by atoms with Crippen molar-refractivity contribution in [3.63, 3.8) is 0 Å². The lowest BCUT2D eigenvalue weighted by Crippen LogP contribution is -2.47. The Morgan fingerprint density at radius 3 is 2.64 bits per heavy atom. The Morgan fingerprint density at radius 2 is 1.84 bits per heavy atom. The van der Waals surface area contributed by atoms with E-state index < -0.39 is 35.3 Å². The van der Waals surface area contributed by atoms with Crippen LogP contribution in [0.5, 0.6) is 5.75 Å². The number of carbonyl (C=O) groups excluding carboxylic acids is 1. The fourth-order valence-corrected chi connectivity index (χ4v) is 7.10. The Hall–Kier alpha value is -5.77. The van der Waals surface area contributed by atoms with E-state index in [1.165, 1.54) is 24.7 Å². The Labute approximate surface area is 283 Å². The first-order valence-corrected chi connectivity index (χ1v) is 15.9. The number of amides is 1. The van der Waals surface area contributed by atoms with Crippen LogP contribution in [0.25, 0.3) is 39.0 Å². The number of aromatic nitrogens is 7. The highest BCUT2D eigenvalue weighted by molar-refractivity contribution is 5.94. The number of halogens is 3. The lowest BCUT2D eigenvalue weighted by atomic mass is 10.1. The number of fused-ring (bicyclic) bond motifs is 6. The summed E-state index contributed by atoms with van der Waals surface area (Å²) in [5.74, 6) is -1.69. The summed E-state index contributed by atoms with van der Waals surface area (Å²) in [6, 6.07) is 8.75. The largest absolute Gasteiger partial charge is 0.505 e. The lowest BCUT2D eigenvalue weighted by molar-refractivity contribution is -0.132. The first-order valence-electron chi connectivity index (χ1n) is 15.9. The topological polar surface area (TPSA) is 139 Å². The highest BCUT2D eigenvalue weighted by Crippen LogP contribution is 2.36. The zero-order chi connectivity index (χ0) is 34.8. The van der Waals surface area contributed by atoms with Crippen molar-refractivity contribution in [3.8, 4) is 22.7 Å². The summed E-state index contributed by atoms with van der Waals surface area (Å²) in [7, 11) is 3.29. The molecular formula is C34H31F3N10O3. The van der Waals surface area contributed by atoms with Crippen molar-refractivity contribution >= 4 is 39.6 Å². The number of benzene rings is 2. The van der Waals surface area contributed by atoms with E-state index in [1.807, 2.05) is 34.6 Å². The van der Waals surface area contributed by atoms with Crippen molar-refractivity contribution in [1.82, 2.24) is 39.2 Å². The monoisotopic (exact) mass is 684 g/mol. The minimum absolute atomic E-state index is 0.149. The second-order valence-electron chi connectivity index (χ2n) is 12.6. The van der Waals surface area contributed by atoms with Crippen LogP contribution >= 0.6 is 0 Å². The molecule has 1 fully saturated rings. The van der Waals surface area contributed by atoms with Gasteiger partial charge in [0.05, 0.1) is 41.0 Å². The Morgan fingerprint density at radius 1 is 1.02 bits per heavy atom. The summed E-state index contributed by atoms with van der Waals surface area (Å²) in [5.41, 5.74) is 2.11. The third-order valence-corrected chi connectivity index (χ3v) is 9.37. The van der Waals surface area contributed by atoms with Gasteiger partial charge in [0.25, 0.3) is 0 Å². The molecule has 3 atom stereocenters. The summed E-state index contributed by atoms with van der Waals surface area (Å²) in [4.78, 5) is 36.1. The van der Waals surface area contributed by atoms with Gasteiger partial charge in [-0.3, -0.25) is 4.79 Å². The zero-order valence-corrected chi connectivity index (χ0v) is 27.2. The highest BCUT2D eigenvalue weighted by Gasteiger charge is 2.41. The van der Waals surface area contributed by atoms with E-state index >= 15 is 0 Å². The molecule has 2 aliphatic heterocycles. The number of ether oxygens (including phenoxy) is 1. The molecule has 6 heterocycles. The van der Waals surface area contributed by atoms with Gasteiger partial charge in [-0.2, -0.15) is 5.10 Å². The molecule has 8 rings (SSSR count). The number of pyridine rings is 1. The molecule has 2 N–H and O–H groups in total. The minimum atomic E-state index is -1.03. The van der Waals surface area contributed by atoms with Crippen LogP contribution in [-0.2, 0) is 16.1 Å². The van der Waals surface area contributed by atoms with Crippen molar-refractivity contribution in [2.75, 3.05) is 37.5 Å². The Bertz CT molecular complexity index is 2290. The van der Waals surface area contributed by atoms with E-state index in [0.29, 0.717) is 70.7 Å². The number of imidazole rings is 1. The summed E-state index contributed by atoms with van der Waals surface area (Å²) in [5, 5.41) is 18.5. The van der Waals surface area contributed by atoms with Gasteiger partial charge in [-0.25, -0.2) is 37.8 Å². The van der Waals surface area contributed by atoms with Crippen LogP contribution in [0.2, 0.25) is 0 Å². The first-order chi connectivity index (χ1) is 24.1. The maximum absolute atomic E-state index is 14.9. The van der Waals surface area contributed by atoms with Gasteiger partial charge in [0.1, 0.15) is 52.9 Å². The fraction of sp³-hybridized carbons (Fsp3) is 0.294. The second kappa shape index (κ2) is 12.0. The van der Waals surface area contributed by atoms with Gasteiger partial charge in [0, 0.05) is 57.1 Å². The molecule has 4 bridgehead atoms. The Kier molecular flexibility index (Phi) is 7.54. The van der Waals surface area contributed by atoms with Gasteiger partial charge >= 0.3 is 0 Å². The molecule has 0 aliphatic carbocycles. The normalized spacial score (nSPS) is 19.6. The van der Waals surface area contributed by atoms with Crippen LogP contribution in [-0.4, -0.2) is 95.6 Å². The van der Waals surface area contributed by atoms with Gasteiger partial charge in [-0.15, -0.1) is 0 Å². The van der Waals surface area contributed by atoms with Gasteiger partial charge in [0.2, 0.25) is 5.91 Å². The van der Waals surface area contributed by atoms with Crippen LogP contribution in [0.15, 0.2) is 55.0 Å². The van der Waals surface area contributed by atoms with E-state index in [1.54, 1.807) is 19.1 Å². The van der Waals surface area contributed by atoms with Gasteiger partial charge in [-0.1, -0.05) is 6.07 Å². The number of phenolic OH excluding ortho intramolecular Hbond substituents is 1.